The summed E-state index contributed by atoms with van der Waals surface area (Å²) in [6.07, 6.45) is -1.55. The van der Waals surface area contributed by atoms with Crippen molar-refractivity contribution in [1.29, 1.82) is 0 Å². The van der Waals surface area contributed by atoms with Gasteiger partial charge in [-0.1, -0.05) is 29.3 Å². The second kappa shape index (κ2) is 8.24. The van der Waals surface area contributed by atoms with Crippen LogP contribution in [0.5, 0.6) is 11.5 Å². The molecule has 0 bridgehead atoms. The Morgan fingerprint density at radius 3 is 2.54 bits per heavy atom. The summed E-state index contributed by atoms with van der Waals surface area (Å²) in [5.41, 5.74) is 1.24. The molecule has 1 atom stereocenters. The van der Waals surface area contributed by atoms with Crippen LogP contribution in [0.3, 0.4) is 0 Å². The molecule has 0 aromatic heterocycles. The molecule has 128 valence electrons. The van der Waals surface area contributed by atoms with Crippen molar-refractivity contribution in [3.8, 4) is 11.5 Å². The summed E-state index contributed by atoms with van der Waals surface area (Å²) in [6.45, 7) is 0.275. The maximum absolute atomic E-state index is 10.7. The van der Waals surface area contributed by atoms with Gasteiger partial charge in [0.05, 0.1) is 29.7 Å². The molecule has 2 rings (SSSR count). The molecule has 0 amide bonds. The second-order valence-corrected chi connectivity index (χ2v) is 5.87. The zero-order chi connectivity index (χ0) is 17.7. The first-order valence-corrected chi connectivity index (χ1v) is 7.81. The van der Waals surface area contributed by atoms with E-state index >= 15 is 0 Å². The Balaban J connectivity index is 2.11. The SMILES string of the molecule is COc1cc(OCc2ccc(Cl)c(Cl)c2)ccc1C(O)CC(=O)O. The van der Waals surface area contributed by atoms with Crippen LogP contribution in [0.4, 0.5) is 0 Å². The van der Waals surface area contributed by atoms with Crippen LogP contribution in [0.15, 0.2) is 36.4 Å². The van der Waals surface area contributed by atoms with E-state index in [4.69, 9.17) is 37.8 Å². The molecular formula is C17H16Cl2O5. The summed E-state index contributed by atoms with van der Waals surface area (Å²) >= 11 is 11.8. The van der Waals surface area contributed by atoms with E-state index in [2.05, 4.69) is 0 Å². The Labute approximate surface area is 149 Å². The van der Waals surface area contributed by atoms with E-state index in [1.165, 1.54) is 7.11 Å². The molecule has 2 aromatic rings. The fraction of sp³-hybridized carbons (Fsp3) is 0.235. The number of rotatable bonds is 7. The molecule has 0 aliphatic rings. The van der Waals surface area contributed by atoms with Crippen molar-refractivity contribution >= 4 is 29.2 Å². The van der Waals surface area contributed by atoms with E-state index in [0.717, 1.165) is 5.56 Å². The number of benzene rings is 2. The van der Waals surface area contributed by atoms with Crippen LogP contribution in [0, 0.1) is 0 Å². The van der Waals surface area contributed by atoms with Crippen molar-refractivity contribution in [3.05, 3.63) is 57.6 Å². The van der Waals surface area contributed by atoms with E-state index in [1.807, 2.05) is 0 Å². The molecule has 2 aromatic carbocycles. The Kier molecular flexibility index (Phi) is 6.31. The summed E-state index contributed by atoms with van der Waals surface area (Å²) < 4.78 is 10.9. The van der Waals surface area contributed by atoms with Gasteiger partial charge >= 0.3 is 5.97 Å². The number of carboxylic acids is 1. The number of hydrogen-bond acceptors (Lipinski definition) is 4. The van der Waals surface area contributed by atoms with Crippen molar-refractivity contribution in [2.45, 2.75) is 19.1 Å². The van der Waals surface area contributed by atoms with E-state index < -0.39 is 18.5 Å². The molecule has 5 nitrogen and oxygen atoms in total. The van der Waals surface area contributed by atoms with Crippen LogP contribution in [-0.2, 0) is 11.4 Å². The molecule has 0 aliphatic carbocycles. The lowest BCUT2D eigenvalue weighted by atomic mass is 10.1. The van der Waals surface area contributed by atoms with Crippen molar-refractivity contribution in [3.63, 3.8) is 0 Å². The van der Waals surface area contributed by atoms with Gasteiger partial charge in [0.25, 0.3) is 0 Å². The molecule has 0 saturated heterocycles. The smallest absolute Gasteiger partial charge is 0.306 e. The van der Waals surface area contributed by atoms with Crippen LogP contribution in [0.1, 0.15) is 23.7 Å². The van der Waals surface area contributed by atoms with Crippen LogP contribution >= 0.6 is 23.2 Å². The summed E-state index contributed by atoms with van der Waals surface area (Å²) in [5, 5.41) is 19.6. The van der Waals surface area contributed by atoms with Gasteiger partial charge in [0, 0.05) is 11.6 Å². The highest BCUT2D eigenvalue weighted by molar-refractivity contribution is 6.42. The third-order valence-corrected chi connectivity index (χ3v) is 4.06. The van der Waals surface area contributed by atoms with Crippen LogP contribution < -0.4 is 9.47 Å². The van der Waals surface area contributed by atoms with Gasteiger partial charge in [0.15, 0.2) is 0 Å². The lowest BCUT2D eigenvalue weighted by Crippen LogP contribution is -2.07. The van der Waals surface area contributed by atoms with Gasteiger partial charge in [0.2, 0.25) is 0 Å². The molecule has 0 aliphatic heterocycles. The van der Waals surface area contributed by atoms with Gasteiger partial charge in [-0.25, -0.2) is 0 Å². The van der Waals surface area contributed by atoms with Crippen molar-refractivity contribution in [1.82, 2.24) is 0 Å². The summed E-state index contributed by atoms with van der Waals surface area (Å²) in [4.78, 5) is 10.7. The highest BCUT2D eigenvalue weighted by Gasteiger charge is 2.17. The predicted molar refractivity (Wildman–Crippen MR) is 91.0 cm³/mol. The van der Waals surface area contributed by atoms with Gasteiger partial charge < -0.3 is 19.7 Å². The van der Waals surface area contributed by atoms with E-state index in [0.29, 0.717) is 27.1 Å². The van der Waals surface area contributed by atoms with E-state index in [9.17, 15) is 9.90 Å². The number of methoxy groups -OCH3 is 1. The Morgan fingerprint density at radius 2 is 1.92 bits per heavy atom. The average molecular weight is 371 g/mol. The normalized spacial score (nSPS) is 11.8. The first-order chi connectivity index (χ1) is 11.4. The first-order valence-electron chi connectivity index (χ1n) is 7.05. The van der Waals surface area contributed by atoms with Gasteiger partial charge in [-0.05, 0) is 29.8 Å². The first kappa shape index (κ1) is 18.4. The van der Waals surface area contributed by atoms with Crippen molar-refractivity contribution < 1.29 is 24.5 Å². The molecule has 0 saturated carbocycles. The monoisotopic (exact) mass is 370 g/mol. The number of aliphatic hydroxyl groups excluding tert-OH is 1. The number of halogens is 2. The summed E-state index contributed by atoms with van der Waals surface area (Å²) in [6, 6.07) is 10.0. The quantitative estimate of drug-likeness (QED) is 0.767. The van der Waals surface area contributed by atoms with Gasteiger partial charge in [0.1, 0.15) is 18.1 Å². The predicted octanol–water partition coefficient (Wildman–Crippen LogP) is 4.09. The van der Waals surface area contributed by atoms with Crippen LogP contribution in [0.2, 0.25) is 10.0 Å². The maximum Gasteiger partial charge on any atom is 0.306 e. The Morgan fingerprint density at radius 1 is 1.17 bits per heavy atom. The Bertz CT molecular complexity index is 733. The molecule has 1 unspecified atom stereocenters. The van der Waals surface area contributed by atoms with Gasteiger partial charge in [-0.2, -0.15) is 0 Å². The zero-order valence-corrected chi connectivity index (χ0v) is 14.3. The third-order valence-electron chi connectivity index (χ3n) is 3.32. The number of aliphatic carboxylic acids is 1. The minimum Gasteiger partial charge on any atom is -0.496 e. The van der Waals surface area contributed by atoms with Gasteiger partial charge in [-0.15, -0.1) is 0 Å². The van der Waals surface area contributed by atoms with Crippen molar-refractivity contribution in [2.75, 3.05) is 7.11 Å². The number of carbonyl (C=O) groups is 1. The highest BCUT2D eigenvalue weighted by atomic mass is 35.5. The highest BCUT2D eigenvalue weighted by Crippen LogP contribution is 2.31. The third kappa shape index (κ3) is 4.77. The minimum atomic E-state index is -1.15. The fourth-order valence-corrected chi connectivity index (χ4v) is 2.45. The summed E-state index contributed by atoms with van der Waals surface area (Å²) in [5.74, 6) is -0.218. The van der Waals surface area contributed by atoms with Crippen LogP contribution in [0.25, 0.3) is 0 Å². The molecular weight excluding hydrogens is 355 g/mol. The molecule has 7 heteroatoms. The molecule has 0 spiro atoms. The number of hydrogen-bond donors (Lipinski definition) is 2. The zero-order valence-electron chi connectivity index (χ0n) is 12.8. The second-order valence-electron chi connectivity index (χ2n) is 5.05. The minimum absolute atomic E-state index is 0.275. The number of ether oxygens (including phenoxy) is 2. The molecule has 24 heavy (non-hydrogen) atoms. The molecule has 0 fully saturated rings. The average Bonchev–Trinajstić information content (AvgIpc) is 2.55. The maximum atomic E-state index is 10.7. The Hall–Kier alpha value is -1.95. The van der Waals surface area contributed by atoms with E-state index in [1.54, 1.807) is 36.4 Å². The molecule has 2 N–H and O–H groups in total. The van der Waals surface area contributed by atoms with Crippen LogP contribution in [-0.4, -0.2) is 23.3 Å². The molecule has 0 radical (unpaired) electrons. The summed E-state index contributed by atoms with van der Waals surface area (Å²) in [7, 11) is 1.44. The fourth-order valence-electron chi connectivity index (χ4n) is 2.13. The topological polar surface area (TPSA) is 76.0 Å². The molecule has 0 heterocycles. The lowest BCUT2D eigenvalue weighted by Gasteiger charge is -2.15. The number of carboxylic acid groups (broad SMARTS) is 1. The van der Waals surface area contributed by atoms with Gasteiger partial charge in [-0.3, -0.25) is 4.79 Å². The van der Waals surface area contributed by atoms with Crippen molar-refractivity contribution in [2.24, 2.45) is 0 Å². The lowest BCUT2D eigenvalue weighted by molar-refractivity contribution is -0.139. The number of aliphatic hydroxyl groups is 1. The largest absolute Gasteiger partial charge is 0.496 e. The standard InChI is InChI=1S/C17H16Cl2O5/c1-23-16-7-11(3-4-12(16)15(20)8-17(21)22)24-9-10-2-5-13(18)14(19)6-10/h2-7,15,20H,8-9H2,1H3,(H,21,22). The van der Waals surface area contributed by atoms with E-state index in [-0.39, 0.29) is 6.61 Å².